The molecule has 0 aromatic heterocycles. The normalized spacial score (nSPS) is 17.9. The van der Waals surface area contributed by atoms with E-state index in [-0.39, 0.29) is 23.2 Å². The van der Waals surface area contributed by atoms with Crippen LogP contribution in [0.4, 0.5) is 13.2 Å². The van der Waals surface area contributed by atoms with Gasteiger partial charge in [-0.2, -0.15) is 4.39 Å². The summed E-state index contributed by atoms with van der Waals surface area (Å²) in [6.45, 7) is 5.08. The molecule has 1 aliphatic heterocycles. The molecule has 3 aromatic carbocycles. The maximum absolute atomic E-state index is 15.1. The lowest BCUT2D eigenvalue weighted by Gasteiger charge is -2.29. The number of hydrogen-bond acceptors (Lipinski definition) is 2. The second-order valence-corrected chi connectivity index (χ2v) is 9.67. The molecule has 2 unspecified atom stereocenters. The van der Waals surface area contributed by atoms with E-state index in [1.165, 1.54) is 12.1 Å². The maximum Gasteiger partial charge on any atom is 0.201 e. The molecule has 196 valence electrons. The van der Waals surface area contributed by atoms with Gasteiger partial charge in [-0.25, -0.2) is 8.78 Å². The molecule has 1 saturated heterocycles. The van der Waals surface area contributed by atoms with Crippen molar-refractivity contribution >= 4 is 0 Å². The molecular formula is C32H35F3O2. The summed E-state index contributed by atoms with van der Waals surface area (Å²) in [6.07, 6.45) is 10.00. The summed E-state index contributed by atoms with van der Waals surface area (Å²) in [5, 5.41) is 0. The van der Waals surface area contributed by atoms with Gasteiger partial charge in [0.15, 0.2) is 11.6 Å². The first kappa shape index (κ1) is 27.0. The summed E-state index contributed by atoms with van der Waals surface area (Å²) in [6, 6.07) is 15.0. The van der Waals surface area contributed by atoms with Crippen LogP contribution < -0.4 is 4.74 Å². The van der Waals surface area contributed by atoms with Crippen LogP contribution in [-0.2, 0) is 4.74 Å². The van der Waals surface area contributed by atoms with E-state index >= 15 is 4.39 Å². The molecule has 5 heteroatoms. The number of ether oxygens (including phenoxy) is 2. The Morgan fingerprint density at radius 1 is 0.919 bits per heavy atom. The third-order valence-electron chi connectivity index (χ3n) is 7.02. The zero-order valence-corrected chi connectivity index (χ0v) is 21.6. The van der Waals surface area contributed by atoms with Gasteiger partial charge in [-0.3, -0.25) is 0 Å². The van der Waals surface area contributed by atoms with Crippen LogP contribution in [0, 0.1) is 23.4 Å². The van der Waals surface area contributed by atoms with Gasteiger partial charge >= 0.3 is 0 Å². The fourth-order valence-electron chi connectivity index (χ4n) is 4.78. The third kappa shape index (κ3) is 6.64. The van der Waals surface area contributed by atoms with Crippen molar-refractivity contribution in [3.8, 4) is 28.0 Å². The largest absolute Gasteiger partial charge is 0.490 e. The fraction of sp³-hybridized carbons (Fsp3) is 0.375. The zero-order valence-electron chi connectivity index (χ0n) is 21.6. The molecule has 37 heavy (non-hydrogen) atoms. The molecule has 0 bridgehead atoms. The average molecular weight is 509 g/mol. The SMILES string of the molecule is C/C=C/CCC1CCC(c2ccc(-c3ccc(-c4ccc(OCCCC)c(F)c4F)cc3)c(F)c2)OC1. The lowest BCUT2D eigenvalue weighted by atomic mass is 9.91. The first-order valence-corrected chi connectivity index (χ1v) is 13.3. The molecule has 1 aliphatic rings. The van der Waals surface area contributed by atoms with E-state index in [4.69, 9.17) is 9.47 Å². The smallest absolute Gasteiger partial charge is 0.201 e. The zero-order chi connectivity index (χ0) is 26.2. The van der Waals surface area contributed by atoms with Crippen LogP contribution in [0.15, 0.2) is 66.7 Å². The Balaban J connectivity index is 1.43. The van der Waals surface area contributed by atoms with Crippen LogP contribution in [0.2, 0.25) is 0 Å². The number of allylic oxidation sites excluding steroid dienone is 2. The summed E-state index contributed by atoms with van der Waals surface area (Å²) < 4.78 is 55.7. The number of halogens is 3. The Labute approximate surface area is 218 Å². The molecule has 2 nitrogen and oxygen atoms in total. The van der Waals surface area contributed by atoms with Gasteiger partial charge in [0.05, 0.1) is 19.3 Å². The van der Waals surface area contributed by atoms with Crippen LogP contribution >= 0.6 is 0 Å². The Kier molecular flexibility index (Phi) is 9.45. The molecular weight excluding hydrogens is 473 g/mol. The predicted molar refractivity (Wildman–Crippen MR) is 143 cm³/mol. The summed E-state index contributed by atoms with van der Waals surface area (Å²) in [4.78, 5) is 0. The van der Waals surface area contributed by atoms with Crippen LogP contribution in [0.1, 0.15) is 64.0 Å². The lowest BCUT2D eigenvalue weighted by molar-refractivity contribution is -0.0191. The van der Waals surface area contributed by atoms with Crippen molar-refractivity contribution < 1.29 is 22.6 Å². The van der Waals surface area contributed by atoms with Gasteiger partial charge in [0.2, 0.25) is 5.82 Å². The highest BCUT2D eigenvalue weighted by molar-refractivity contribution is 5.71. The van der Waals surface area contributed by atoms with Gasteiger partial charge in [-0.15, -0.1) is 0 Å². The third-order valence-corrected chi connectivity index (χ3v) is 7.02. The Morgan fingerprint density at radius 2 is 1.65 bits per heavy atom. The van der Waals surface area contributed by atoms with Crippen LogP contribution in [0.25, 0.3) is 22.3 Å². The van der Waals surface area contributed by atoms with Crippen LogP contribution in [0.3, 0.4) is 0 Å². The topological polar surface area (TPSA) is 18.5 Å². The predicted octanol–water partition coefficient (Wildman–Crippen LogP) is 9.44. The minimum Gasteiger partial charge on any atom is -0.490 e. The first-order chi connectivity index (χ1) is 18.0. The highest BCUT2D eigenvalue weighted by atomic mass is 19.2. The molecule has 0 spiro atoms. The molecule has 1 fully saturated rings. The van der Waals surface area contributed by atoms with Crippen molar-refractivity contribution in [3.05, 3.63) is 89.8 Å². The lowest BCUT2D eigenvalue weighted by Crippen LogP contribution is -2.20. The Morgan fingerprint density at radius 3 is 2.30 bits per heavy atom. The van der Waals surface area contributed by atoms with E-state index in [0.717, 1.165) is 44.1 Å². The standard InChI is InChI=1S/C32H35F3O2/c1-3-5-7-8-22-9-17-29(37-21-22)25-14-15-26(28(33)20-25)23-10-12-24(13-11-23)27-16-18-30(32(35)31(27)34)36-19-6-4-2/h3,5,10-16,18,20,22,29H,4,6-9,17,19,21H2,1-2H3/b5-3+. The van der Waals surface area contributed by atoms with Gasteiger partial charge in [-0.1, -0.05) is 61.9 Å². The quantitative estimate of drug-likeness (QED) is 0.201. The second kappa shape index (κ2) is 13.0. The van der Waals surface area contributed by atoms with Gasteiger partial charge in [-0.05, 0) is 79.8 Å². The fourth-order valence-corrected chi connectivity index (χ4v) is 4.78. The van der Waals surface area contributed by atoms with Crippen molar-refractivity contribution in [1.82, 2.24) is 0 Å². The van der Waals surface area contributed by atoms with Gasteiger partial charge < -0.3 is 9.47 Å². The highest BCUT2D eigenvalue weighted by Gasteiger charge is 2.23. The molecule has 0 amide bonds. The van der Waals surface area contributed by atoms with Crippen molar-refractivity contribution in [2.45, 2.75) is 58.5 Å². The molecule has 0 radical (unpaired) electrons. The van der Waals surface area contributed by atoms with Crippen molar-refractivity contribution in [1.29, 1.82) is 0 Å². The van der Waals surface area contributed by atoms with Crippen LogP contribution in [-0.4, -0.2) is 13.2 Å². The summed E-state index contributed by atoms with van der Waals surface area (Å²) >= 11 is 0. The monoisotopic (exact) mass is 508 g/mol. The van der Waals surface area contributed by atoms with Gasteiger partial charge in [0, 0.05) is 11.1 Å². The van der Waals surface area contributed by atoms with E-state index in [9.17, 15) is 8.78 Å². The molecule has 1 heterocycles. The van der Waals surface area contributed by atoms with E-state index < -0.39 is 11.6 Å². The van der Waals surface area contributed by atoms with E-state index in [2.05, 4.69) is 12.2 Å². The second-order valence-electron chi connectivity index (χ2n) is 9.67. The first-order valence-electron chi connectivity index (χ1n) is 13.3. The molecule has 3 aromatic rings. The average Bonchev–Trinajstić information content (AvgIpc) is 2.92. The molecule has 0 aliphatic carbocycles. The number of rotatable bonds is 10. The number of hydrogen-bond donors (Lipinski definition) is 0. The van der Waals surface area contributed by atoms with Gasteiger partial charge in [0.25, 0.3) is 0 Å². The number of unbranched alkanes of at least 4 members (excludes halogenated alkanes) is 1. The summed E-state index contributed by atoms with van der Waals surface area (Å²) in [5.74, 6) is -1.80. The van der Waals surface area contributed by atoms with E-state index in [1.807, 2.05) is 19.9 Å². The summed E-state index contributed by atoms with van der Waals surface area (Å²) in [7, 11) is 0. The van der Waals surface area contributed by atoms with E-state index in [0.29, 0.717) is 35.8 Å². The summed E-state index contributed by atoms with van der Waals surface area (Å²) in [5.41, 5.74) is 2.63. The van der Waals surface area contributed by atoms with Gasteiger partial charge in [0.1, 0.15) is 5.82 Å². The highest BCUT2D eigenvalue weighted by Crippen LogP contribution is 2.36. The number of benzene rings is 3. The molecule has 0 N–H and O–H groups in total. The van der Waals surface area contributed by atoms with Crippen LogP contribution in [0.5, 0.6) is 5.75 Å². The molecule has 2 atom stereocenters. The van der Waals surface area contributed by atoms with Crippen molar-refractivity contribution in [2.75, 3.05) is 13.2 Å². The minimum absolute atomic E-state index is 0.0837. The molecule has 4 rings (SSSR count). The molecule has 0 saturated carbocycles. The maximum atomic E-state index is 15.1. The van der Waals surface area contributed by atoms with Crippen molar-refractivity contribution in [2.24, 2.45) is 5.92 Å². The Bertz CT molecular complexity index is 1200. The van der Waals surface area contributed by atoms with E-state index in [1.54, 1.807) is 36.4 Å². The Hall–Kier alpha value is -3.05. The minimum atomic E-state index is -0.992. The van der Waals surface area contributed by atoms with Crippen molar-refractivity contribution in [3.63, 3.8) is 0 Å².